The molecule has 0 aliphatic carbocycles. The Morgan fingerprint density at radius 2 is 2.00 bits per heavy atom. The number of β-amino-alcohol motifs (C(OH)–C–C–N with tert-alkyl or cyclic N) is 1. The minimum atomic E-state index is -0.791. The monoisotopic (exact) mass is 312 g/mol. The van der Waals surface area contributed by atoms with E-state index in [4.69, 9.17) is 0 Å². The highest BCUT2D eigenvalue weighted by Gasteiger charge is 2.44. The van der Waals surface area contributed by atoms with Gasteiger partial charge in [-0.25, -0.2) is 4.79 Å². The first kappa shape index (κ1) is 17.2. The first-order valence-electron chi connectivity index (χ1n) is 7.99. The Hall–Kier alpha value is -1.18. The smallest absolute Gasteiger partial charge is 0.325 e. The van der Waals surface area contributed by atoms with Crippen molar-refractivity contribution in [2.24, 2.45) is 0 Å². The summed E-state index contributed by atoms with van der Waals surface area (Å²) in [5, 5.41) is 12.2. The van der Waals surface area contributed by atoms with E-state index in [9.17, 15) is 14.7 Å². The fourth-order valence-corrected chi connectivity index (χ4v) is 3.15. The summed E-state index contributed by atoms with van der Waals surface area (Å²) in [5.41, 5.74) is -0.791. The van der Waals surface area contributed by atoms with Crippen molar-refractivity contribution >= 4 is 11.9 Å². The standard InChI is InChI=1S/C15H28N4O3/c1-11-9-17(5-7-18(11)10-12(2)20)6-8-19-13(21)15(3,4)16-14(19)22/h11-12,20H,5-10H2,1-4H3,(H,16,22)/t11-,12-/m1/s1. The van der Waals surface area contributed by atoms with E-state index in [0.717, 1.165) is 19.6 Å². The summed E-state index contributed by atoms with van der Waals surface area (Å²) >= 11 is 0. The number of hydrogen-bond acceptors (Lipinski definition) is 5. The van der Waals surface area contributed by atoms with Gasteiger partial charge in [0.25, 0.3) is 5.91 Å². The second kappa shape index (κ2) is 6.52. The van der Waals surface area contributed by atoms with Crippen molar-refractivity contribution in [1.82, 2.24) is 20.0 Å². The van der Waals surface area contributed by atoms with E-state index < -0.39 is 5.54 Å². The van der Waals surface area contributed by atoms with Gasteiger partial charge in [0, 0.05) is 45.3 Å². The maximum Gasteiger partial charge on any atom is 0.325 e. The maximum atomic E-state index is 12.1. The number of carbonyl (C=O) groups is 2. The lowest BCUT2D eigenvalue weighted by Crippen LogP contribution is -2.54. The average Bonchev–Trinajstić information content (AvgIpc) is 2.59. The van der Waals surface area contributed by atoms with Crippen molar-refractivity contribution in [3.63, 3.8) is 0 Å². The molecule has 0 unspecified atom stereocenters. The molecular formula is C15H28N4O3. The van der Waals surface area contributed by atoms with Gasteiger partial charge >= 0.3 is 6.03 Å². The zero-order valence-electron chi connectivity index (χ0n) is 14.0. The largest absolute Gasteiger partial charge is 0.392 e. The van der Waals surface area contributed by atoms with Gasteiger partial charge in [-0.1, -0.05) is 0 Å². The van der Waals surface area contributed by atoms with E-state index in [1.54, 1.807) is 20.8 Å². The molecule has 0 aromatic rings. The number of urea groups is 1. The van der Waals surface area contributed by atoms with Gasteiger partial charge in [0.05, 0.1) is 6.10 Å². The zero-order valence-corrected chi connectivity index (χ0v) is 14.0. The first-order chi connectivity index (χ1) is 10.2. The summed E-state index contributed by atoms with van der Waals surface area (Å²) in [6.07, 6.45) is -0.317. The van der Waals surface area contributed by atoms with Crippen LogP contribution in [0.25, 0.3) is 0 Å². The number of hydrogen-bond donors (Lipinski definition) is 2. The fraction of sp³-hybridized carbons (Fsp3) is 0.867. The van der Waals surface area contributed by atoms with Gasteiger partial charge in [-0.05, 0) is 27.7 Å². The Kier molecular flexibility index (Phi) is 5.09. The van der Waals surface area contributed by atoms with Crippen LogP contribution in [-0.2, 0) is 4.79 Å². The van der Waals surface area contributed by atoms with Gasteiger partial charge in [0.2, 0.25) is 0 Å². The molecule has 3 amide bonds. The molecule has 0 radical (unpaired) electrons. The molecule has 0 saturated carbocycles. The highest BCUT2D eigenvalue weighted by molar-refractivity contribution is 6.06. The van der Waals surface area contributed by atoms with E-state index in [1.807, 2.05) is 0 Å². The summed E-state index contributed by atoms with van der Waals surface area (Å²) < 4.78 is 0. The zero-order chi connectivity index (χ0) is 16.5. The Morgan fingerprint density at radius 1 is 1.32 bits per heavy atom. The van der Waals surface area contributed by atoms with E-state index in [2.05, 4.69) is 22.0 Å². The number of nitrogens with one attached hydrogen (secondary N) is 1. The molecule has 2 heterocycles. The maximum absolute atomic E-state index is 12.1. The normalized spacial score (nSPS) is 28.0. The van der Waals surface area contributed by atoms with Crippen LogP contribution >= 0.6 is 0 Å². The fourth-order valence-electron chi connectivity index (χ4n) is 3.15. The molecule has 2 fully saturated rings. The summed E-state index contributed by atoms with van der Waals surface area (Å²) in [6, 6.07) is 0.0682. The Labute approximate surface area is 132 Å². The van der Waals surface area contributed by atoms with Crippen molar-refractivity contribution in [2.45, 2.75) is 45.4 Å². The lowest BCUT2D eigenvalue weighted by atomic mass is 10.1. The first-order valence-corrected chi connectivity index (χ1v) is 7.99. The molecule has 2 aliphatic heterocycles. The topological polar surface area (TPSA) is 76.1 Å². The quantitative estimate of drug-likeness (QED) is 0.682. The summed E-state index contributed by atoms with van der Waals surface area (Å²) in [7, 11) is 0. The molecule has 2 N–H and O–H groups in total. The van der Waals surface area contributed by atoms with Crippen molar-refractivity contribution in [3.8, 4) is 0 Å². The highest BCUT2D eigenvalue weighted by Crippen LogP contribution is 2.17. The van der Waals surface area contributed by atoms with Crippen LogP contribution in [0.3, 0.4) is 0 Å². The van der Waals surface area contributed by atoms with Gasteiger partial charge in [0.15, 0.2) is 0 Å². The number of aliphatic hydroxyl groups is 1. The summed E-state index contributed by atoms with van der Waals surface area (Å²) in [5.74, 6) is -0.154. The minimum Gasteiger partial charge on any atom is -0.392 e. The summed E-state index contributed by atoms with van der Waals surface area (Å²) in [6.45, 7) is 11.9. The van der Waals surface area contributed by atoms with Crippen molar-refractivity contribution in [2.75, 3.05) is 39.3 Å². The molecule has 2 rings (SSSR count). The lowest BCUT2D eigenvalue weighted by molar-refractivity contribution is -0.130. The molecule has 0 bridgehead atoms. The van der Waals surface area contributed by atoms with Crippen molar-refractivity contribution < 1.29 is 14.7 Å². The van der Waals surface area contributed by atoms with Crippen LogP contribution in [0.2, 0.25) is 0 Å². The Balaban J connectivity index is 1.82. The molecule has 7 heteroatoms. The molecule has 7 nitrogen and oxygen atoms in total. The lowest BCUT2D eigenvalue weighted by Gasteiger charge is -2.40. The van der Waals surface area contributed by atoms with Crippen LogP contribution in [0.4, 0.5) is 4.79 Å². The molecule has 2 aliphatic rings. The van der Waals surface area contributed by atoms with Crippen molar-refractivity contribution in [3.05, 3.63) is 0 Å². The van der Waals surface area contributed by atoms with Gasteiger partial charge in [-0.15, -0.1) is 0 Å². The van der Waals surface area contributed by atoms with Gasteiger partial charge in [-0.2, -0.15) is 0 Å². The van der Waals surface area contributed by atoms with Crippen LogP contribution in [0.1, 0.15) is 27.7 Å². The Bertz CT molecular complexity index is 439. The molecule has 0 spiro atoms. The third-order valence-corrected chi connectivity index (χ3v) is 4.43. The number of piperazine rings is 1. The molecule has 22 heavy (non-hydrogen) atoms. The van der Waals surface area contributed by atoms with E-state index >= 15 is 0 Å². The van der Waals surface area contributed by atoms with Gasteiger partial charge < -0.3 is 10.4 Å². The van der Waals surface area contributed by atoms with Crippen LogP contribution in [0.15, 0.2) is 0 Å². The number of nitrogens with zero attached hydrogens (tertiary/aromatic N) is 3. The van der Waals surface area contributed by atoms with E-state index in [-0.39, 0.29) is 18.0 Å². The van der Waals surface area contributed by atoms with Crippen molar-refractivity contribution in [1.29, 1.82) is 0 Å². The molecule has 0 aromatic carbocycles. The van der Waals surface area contributed by atoms with Crippen LogP contribution in [0, 0.1) is 0 Å². The molecule has 2 saturated heterocycles. The number of aliphatic hydroxyl groups excluding tert-OH is 1. The second-order valence-corrected chi connectivity index (χ2v) is 7.01. The second-order valence-electron chi connectivity index (χ2n) is 7.01. The third kappa shape index (κ3) is 3.77. The highest BCUT2D eigenvalue weighted by atomic mass is 16.3. The SMILES string of the molecule is C[C@@H]1CN(CCN2C(=O)NC(C)(C)C2=O)CCN1C[C@@H](C)O. The van der Waals surface area contributed by atoms with Crippen LogP contribution < -0.4 is 5.32 Å². The molecule has 2 atom stereocenters. The number of amides is 3. The predicted molar refractivity (Wildman–Crippen MR) is 83.5 cm³/mol. The van der Waals surface area contributed by atoms with E-state index in [1.165, 1.54) is 4.90 Å². The molecule has 126 valence electrons. The van der Waals surface area contributed by atoms with Gasteiger partial charge in [0.1, 0.15) is 5.54 Å². The number of imide groups is 1. The minimum absolute atomic E-state index is 0.154. The van der Waals surface area contributed by atoms with Crippen LogP contribution in [-0.4, -0.2) is 88.7 Å². The Morgan fingerprint density at radius 3 is 2.50 bits per heavy atom. The van der Waals surface area contributed by atoms with Gasteiger partial charge in [-0.3, -0.25) is 19.5 Å². The summed E-state index contributed by atoms with van der Waals surface area (Å²) in [4.78, 5) is 29.8. The third-order valence-electron chi connectivity index (χ3n) is 4.43. The number of rotatable bonds is 5. The van der Waals surface area contributed by atoms with Crippen LogP contribution in [0.5, 0.6) is 0 Å². The molecule has 0 aromatic heterocycles. The average molecular weight is 312 g/mol. The van der Waals surface area contributed by atoms with E-state index in [0.29, 0.717) is 25.7 Å². The molecular weight excluding hydrogens is 284 g/mol. The number of carbonyl (C=O) groups excluding carboxylic acids is 2. The predicted octanol–water partition coefficient (Wildman–Crippen LogP) is -0.296.